The van der Waals surface area contributed by atoms with Crippen molar-refractivity contribution >= 4 is 5.97 Å². The number of phenols is 1. The molecule has 1 unspecified atom stereocenters. The van der Waals surface area contributed by atoms with E-state index in [9.17, 15) is 9.90 Å². The molecule has 16 heavy (non-hydrogen) atoms. The van der Waals surface area contributed by atoms with Gasteiger partial charge >= 0.3 is 5.97 Å². The van der Waals surface area contributed by atoms with Crippen molar-refractivity contribution in [1.82, 2.24) is 0 Å². The molecule has 0 heterocycles. The van der Waals surface area contributed by atoms with Gasteiger partial charge in [-0.1, -0.05) is 0 Å². The summed E-state index contributed by atoms with van der Waals surface area (Å²) in [7, 11) is 2.89. The van der Waals surface area contributed by atoms with Crippen LogP contribution in [0.3, 0.4) is 0 Å². The van der Waals surface area contributed by atoms with Crippen molar-refractivity contribution in [3.63, 3.8) is 0 Å². The zero-order valence-corrected chi connectivity index (χ0v) is 9.35. The SMILES string of the molecule is COc1cc(O)c(C(C)C(=O)O)cc1OC. The van der Waals surface area contributed by atoms with Crippen molar-refractivity contribution in [2.75, 3.05) is 14.2 Å². The summed E-state index contributed by atoms with van der Waals surface area (Å²) >= 11 is 0. The first kappa shape index (κ1) is 12.2. The molecular weight excluding hydrogens is 212 g/mol. The molecule has 0 amide bonds. The Morgan fingerprint density at radius 2 is 1.75 bits per heavy atom. The van der Waals surface area contributed by atoms with Gasteiger partial charge in [0.1, 0.15) is 5.75 Å². The third-order valence-electron chi connectivity index (χ3n) is 2.37. The maximum Gasteiger partial charge on any atom is 0.310 e. The number of ether oxygens (including phenoxy) is 2. The van der Waals surface area contributed by atoms with E-state index in [0.717, 1.165) is 0 Å². The molecule has 0 aliphatic carbocycles. The topological polar surface area (TPSA) is 76.0 Å². The standard InChI is InChI=1S/C11H14O5/c1-6(11(13)14)7-4-9(15-2)10(16-3)5-8(7)12/h4-6,12H,1-3H3,(H,13,14). The second kappa shape index (κ2) is 4.74. The number of phenolic OH excluding ortho intramolecular Hbond substituents is 1. The molecule has 0 bridgehead atoms. The van der Waals surface area contributed by atoms with Crippen LogP contribution in [0.25, 0.3) is 0 Å². The normalized spacial score (nSPS) is 11.9. The molecule has 1 aromatic carbocycles. The minimum atomic E-state index is -1.01. The molecule has 0 aliphatic heterocycles. The van der Waals surface area contributed by atoms with E-state index < -0.39 is 11.9 Å². The Hall–Kier alpha value is -1.91. The lowest BCUT2D eigenvalue weighted by atomic mass is 10.00. The van der Waals surface area contributed by atoms with E-state index in [4.69, 9.17) is 14.6 Å². The second-order valence-corrected chi connectivity index (χ2v) is 3.33. The molecule has 0 aromatic heterocycles. The molecule has 0 saturated carbocycles. The maximum absolute atomic E-state index is 10.8. The molecule has 5 nitrogen and oxygen atoms in total. The highest BCUT2D eigenvalue weighted by atomic mass is 16.5. The molecule has 0 fully saturated rings. The van der Waals surface area contributed by atoms with Gasteiger partial charge in [-0.3, -0.25) is 4.79 Å². The van der Waals surface area contributed by atoms with Crippen LogP contribution in [0.2, 0.25) is 0 Å². The van der Waals surface area contributed by atoms with E-state index in [1.54, 1.807) is 0 Å². The largest absolute Gasteiger partial charge is 0.507 e. The zero-order chi connectivity index (χ0) is 12.3. The van der Waals surface area contributed by atoms with Crippen molar-refractivity contribution in [3.8, 4) is 17.2 Å². The first-order valence-corrected chi connectivity index (χ1v) is 4.69. The van der Waals surface area contributed by atoms with E-state index in [2.05, 4.69) is 0 Å². The summed E-state index contributed by atoms with van der Waals surface area (Å²) in [5.74, 6) is -1.18. The first-order valence-electron chi connectivity index (χ1n) is 4.69. The molecular formula is C11H14O5. The predicted molar refractivity (Wildman–Crippen MR) is 57.3 cm³/mol. The first-order chi connectivity index (χ1) is 7.51. The lowest BCUT2D eigenvalue weighted by molar-refractivity contribution is -0.138. The molecule has 1 aromatic rings. The monoisotopic (exact) mass is 226 g/mol. The molecule has 5 heteroatoms. The number of hydrogen-bond donors (Lipinski definition) is 2. The Balaban J connectivity index is 3.26. The van der Waals surface area contributed by atoms with Gasteiger partial charge in [0.05, 0.1) is 20.1 Å². The van der Waals surface area contributed by atoms with Crippen molar-refractivity contribution in [1.29, 1.82) is 0 Å². The summed E-state index contributed by atoms with van der Waals surface area (Å²) in [6, 6.07) is 2.81. The van der Waals surface area contributed by atoms with E-state index in [1.807, 2.05) is 0 Å². The smallest absolute Gasteiger partial charge is 0.310 e. The highest BCUT2D eigenvalue weighted by Crippen LogP contribution is 2.37. The number of carbonyl (C=O) groups is 1. The number of carboxylic acid groups (broad SMARTS) is 1. The average Bonchev–Trinajstić information content (AvgIpc) is 2.27. The van der Waals surface area contributed by atoms with Crippen LogP contribution in [0, 0.1) is 0 Å². The Labute approximate surface area is 93.2 Å². The molecule has 1 rings (SSSR count). The number of hydrogen-bond acceptors (Lipinski definition) is 4. The minimum absolute atomic E-state index is 0.118. The second-order valence-electron chi connectivity index (χ2n) is 3.33. The van der Waals surface area contributed by atoms with Crippen LogP contribution in [0.5, 0.6) is 17.2 Å². The van der Waals surface area contributed by atoms with E-state index in [1.165, 1.54) is 33.3 Å². The average molecular weight is 226 g/mol. The number of carboxylic acids is 1. The van der Waals surface area contributed by atoms with Crippen molar-refractivity contribution in [2.45, 2.75) is 12.8 Å². The van der Waals surface area contributed by atoms with Crippen LogP contribution in [0.4, 0.5) is 0 Å². The number of aliphatic carboxylic acids is 1. The molecule has 0 saturated heterocycles. The number of benzene rings is 1. The van der Waals surface area contributed by atoms with Gasteiger partial charge in [-0.05, 0) is 13.0 Å². The molecule has 88 valence electrons. The van der Waals surface area contributed by atoms with E-state index in [-0.39, 0.29) is 5.75 Å². The van der Waals surface area contributed by atoms with Crippen LogP contribution in [-0.4, -0.2) is 30.4 Å². The number of rotatable bonds is 4. The Morgan fingerprint density at radius 1 is 1.25 bits per heavy atom. The van der Waals surface area contributed by atoms with Crippen LogP contribution in [0.15, 0.2) is 12.1 Å². The van der Waals surface area contributed by atoms with Crippen molar-refractivity contribution in [3.05, 3.63) is 17.7 Å². The van der Waals surface area contributed by atoms with Gasteiger partial charge in [0, 0.05) is 11.6 Å². The van der Waals surface area contributed by atoms with Gasteiger partial charge in [0.15, 0.2) is 11.5 Å². The molecule has 0 spiro atoms. The van der Waals surface area contributed by atoms with Crippen LogP contribution >= 0.6 is 0 Å². The van der Waals surface area contributed by atoms with Crippen LogP contribution in [0.1, 0.15) is 18.4 Å². The van der Waals surface area contributed by atoms with Gasteiger partial charge in [-0.15, -0.1) is 0 Å². The fourth-order valence-electron chi connectivity index (χ4n) is 1.36. The number of methoxy groups -OCH3 is 2. The lowest BCUT2D eigenvalue weighted by Gasteiger charge is -2.13. The molecule has 2 N–H and O–H groups in total. The van der Waals surface area contributed by atoms with E-state index >= 15 is 0 Å². The van der Waals surface area contributed by atoms with Gasteiger partial charge in [0.2, 0.25) is 0 Å². The van der Waals surface area contributed by atoms with E-state index in [0.29, 0.717) is 17.1 Å². The molecule has 0 aliphatic rings. The van der Waals surface area contributed by atoms with Gasteiger partial charge < -0.3 is 19.7 Å². The van der Waals surface area contributed by atoms with Gasteiger partial charge in [0.25, 0.3) is 0 Å². The molecule has 1 atom stereocenters. The summed E-state index contributed by atoms with van der Waals surface area (Å²) in [5.41, 5.74) is 0.296. The van der Waals surface area contributed by atoms with Crippen LogP contribution < -0.4 is 9.47 Å². The summed E-state index contributed by atoms with van der Waals surface area (Å²) in [6.07, 6.45) is 0. The zero-order valence-electron chi connectivity index (χ0n) is 9.35. The van der Waals surface area contributed by atoms with Gasteiger partial charge in [-0.2, -0.15) is 0 Å². The highest BCUT2D eigenvalue weighted by Gasteiger charge is 2.20. The fraction of sp³-hybridized carbons (Fsp3) is 0.364. The quantitative estimate of drug-likeness (QED) is 0.815. The maximum atomic E-state index is 10.8. The summed E-state index contributed by atoms with van der Waals surface area (Å²) in [6.45, 7) is 1.49. The van der Waals surface area contributed by atoms with Crippen molar-refractivity contribution in [2.24, 2.45) is 0 Å². The molecule has 0 radical (unpaired) electrons. The van der Waals surface area contributed by atoms with Crippen LogP contribution in [-0.2, 0) is 4.79 Å². The fourth-order valence-corrected chi connectivity index (χ4v) is 1.36. The summed E-state index contributed by atoms with van der Waals surface area (Å²) in [4.78, 5) is 10.8. The highest BCUT2D eigenvalue weighted by molar-refractivity contribution is 5.77. The third kappa shape index (κ3) is 2.18. The Morgan fingerprint density at radius 3 is 2.19 bits per heavy atom. The van der Waals surface area contributed by atoms with Crippen molar-refractivity contribution < 1.29 is 24.5 Å². The summed E-state index contributed by atoms with van der Waals surface area (Å²) in [5, 5.41) is 18.5. The Kier molecular flexibility index (Phi) is 3.60. The van der Waals surface area contributed by atoms with Gasteiger partial charge in [-0.25, -0.2) is 0 Å². The number of aromatic hydroxyl groups is 1. The summed E-state index contributed by atoms with van der Waals surface area (Å²) < 4.78 is 10.0. The predicted octanol–water partition coefficient (Wildman–Crippen LogP) is 1.60. The Bertz CT molecular complexity index is 400. The lowest BCUT2D eigenvalue weighted by Crippen LogP contribution is -2.08. The minimum Gasteiger partial charge on any atom is -0.507 e. The third-order valence-corrected chi connectivity index (χ3v) is 2.37.